The molecule has 16 heavy (non-hydrogen) atoms. The second kappa shape index (κ2) is 5.69. The van der Waals surface area contributed by atoms with Gasteiger partial charge in [0.15, 0.2) is 0 Å². The van der Waals surface area contributed by atoms with E-state index in [9.17, 15) is 9.59 Å². The van der Waals surface area contributed by atoms with Crippen molar-refractivity contribution in [1.29, 1.82) is 0 Å². The van der Waals surface area contributed by atoms with Crippen molar-refractivity contribution in [1.82, 2.24) is 4.90 Å². The largest absolute Gasteiger partial charge is 0.463 e. The van der Waals surface area contributed by atoms with Crippen LogP contribution in [0.25, 0.3) is 0 Å². The third-order valence-electron chi connectivity index (χ3n) is 2.44. The van der Waals surface area contributed by atoms with Crippen LogP contribution in [0.2, 0.25) is 0 Å². The third kappa shape index (κ3) is 3.37. The van der Waals surface area contributed by atoms with Crippen LogP contribution in [0.1, 0.15) is 13.8 Å². The van der Waals surface area contributed by atoms with E-state index in [2.05, 4.69) is 0 Å². The van der Waals surface area contributed by atoms with Crippen LogP contribution < -0.4 is 5.73 Å². The Morgan fingerprint density at radius 3 is 2.81 bits per heavy atom. The first-order valence-electron chi connectivity index (χ1n) is 5.36. The Hall–Kier alpha value is -1.30. The van der Waals surface area contributed by atoms with Crippen LogP contribution in [0.15, 0.2) is 0 Å². The maximum Gasteiger partial charge on any atom is 0.410 e. The molecular formula is C10H18N2O4. The van der Waals surface area contributed by atoms with Gasteiger partial charge in [-0.15, -0.1) is 0 Å². The van der Waals surface area contributed by atoms with Crippen LogP contribution in [0.4, 0.5) is 4.79 Å². The summed E-state index contributed by atoms with van der Waals surface area (Å²) in [5, 5.41) is 0. The molecule has 0 aromatic carbocycles. The van der Waals surface area contributed by atoms with Gasteiger partial charge >= 0.3 is 12.1 Å². The zero-order valence-corrected chi connectivity index (χ0v) is 9.64. The first-order chi connectivity index (χ1) is 7.52. The molecule has 0 aromatic heterocycles. The van der Waals surface area contributed by atoms with Gasteiger partial charge in [0, 0.05) is 0 Å². The van der Waals surface area contributed by atoms with Crippen molar-refractivity contribution in [3.05, 3.63) is 0 Å². The Labute approximate surface area is 94.7 Å². The summed E-state index contributed by atoms with van der Waals surface area (Å²) in [5.74, 6) is -0.383. The van der Waals surface area contributed by atoms with Gasteiger partial charge in [-0.3, -0.25) is 4.79 Å². The Morgan fingerprint density at radius 1 is 1.62 bits per heavy atom. The molecule has 0 unspecified atom stereocenters. The Kier molecular flexibility index (Phi) is 4.54. The van der Waals surface area contributed by atoms with E-state index >= 15 is 0 Å². The number of esters is 1. The lowest BCUT2D eigenvalue weighted by Gasteiger charge is -2.16. The number of carbonyl (C=O) groups excluding carboxylic acids is 2. The highest BCUT2D eigenvalue weighted by atomic mass is 16.6. The van der Waals surface area contributed by atoms with Crippen molar-refractivity contribution < 1.29 is 19.1 Å². The van der Waals surface area contributed by atoms with Gasteiger partial charge in [0.2, 0.25) is 0 Å². The van der Waals surface area contributed by atoms with Gasteiger partial charge in [0.05, 0.1) is 13.1 Å². The molecule has 0 aromatic rings. The molecule has 0 spiro atoms. The lowest BCUT2D eigenvalue weighted by Crippen LogP contribution is -2.38. The van der Waals surface area contributed by atoms with Crippen molar-refractivity contribution in [2.24, 2.45) is 11.7 Å². The van der Waals surface area contributed by atoms with E-state index in [1.54, 1.807) is 0 Å². The average molecular weight is 230 g/mol. The molecule has 6 nitrogen and oxygen atoms in total. The number of amides is 1. The molecule has 0 radical (unpaired) electrons. The predicted octanol–water partition coefficient (Wildman–Crippen LogP) is -0.0349. The number of hydrogen-bond acceptors (Lipinski definition) is 5. The van der Waals surface area contributed by atoms with Crippen molar-refractivity contribution in [2.75, 3.05) is 26.3 Å². The Balaban J connectivity index is 2.20. The summed E-state index contributed by atoms with van der Waals surface area (Å²) in [5.41, 5.74) is 5.60. The van der Waals surface area contributed by atoms with Crippen LogP contribution in [-0.4, -0.2) is 49.3 Å². The van der Waals surface area contributed by atoms with E-state index in [4.69, 9.17) is 15.2 Å². The van der Waals surface area contributed by atoms with Crippen LogP contribution in [0, 0.1) is 5.92 Å². The van der Waals surface area contributed by atoms with Crippen LogP contribution in [0.3, 0.4) is 0 Å². The SMILES string of the molecule is CC(C)[C@H](N)C(=O)OCCN1CCOC1=O. The first kappa shape index (κ1) is 12.8. The molecule has 92 valence electrons. The number of ether oxygens (including phenoxy) is 2. The second-order valence-corrected chi connectivity index (χ2v) is 4.04. The number of carbonyl (C=O) groups is 2. The van der Waals surface area contributed by atoms with E-state index in [1.807, 2.05) is 13.8 Å². The standard InChI is InChI=1S/C10H18N2O4/c1-7(2)8(11)9(13)15-5-3-12-4-6-16-10(12)14/h7-8H,3-6,11H2,1-2H3/t8-/m0/s1. The highest BCUT2D eigenvalue weighted by molar-refractivity contribution is 5.75. The minimum Gasteiger partial charge on any atom is -0.463 e. The van der Waals surface area contributed by atoms with Crippen molar-refractivity contribution in [2.45, 2.75) is 19.9 Å². The molecule has 1 heterocycles. The molecule has 1 saturated heterocycles. The van der Waals surface area contributed by atoms with Crippen molar-refractivity contribution in [3.63, 3.8) is 0 Å². The number of cyclic esters (lactones) is 1. The lowest BCUT2D eigenvalue weighted by molar-refractivity contribution is -0.146. The predicted molar refractivity (Wildman–Crippen MR) is 56.7 cm³/mol. The molecule has 0 aliphatic carbocycles. The number of nitrogens with two attached hydrogens (primary N) is 1. The minimum absolute atomic E-state index is 0.0456. The van der Waals surface area contributed by atoms with Gasteiger partial charge in [0.25, 0.3) is 0 Å². The fourth-order valence-electron chi connectivity index (χ4n) is 1.25. The van der Waals surface area contributed by atoms with Gasteiger partial charge in [-0.1, -0.05) is 13.8 Å². The number of rotatable bonds is 5. The summed E-state index contributed by atoms with van der Waals surface area (Å²) < 4.78 is 9.69. The van der Waals surface area contributed by atoms with Gasteiger partial charge in [-0.2, -0.15) is 0 Å². The topological polar surface area (TPSA) is 81.9 Å². The van der Waals surface area contributed by atoms with Gasteiger partial charge < -0.3 is 20.1 Å². The second-order valence-electron chi connectivity index (χ2n) is 4.04. The maximum atomic E-state index is 11.4. The molecule has 1 aliphatic rings. The number of hydrogen-bond donors (Lipinski definition) is 1. The zero-order valence-electron chi connectivity index (χ0n) is 9.64. The molecule has 1 rings (SSSR count). The van der Waals surface area contributed by atoms with E-state index < -0.39 is 12.0 Å². The zero-order chi connectivity index (χ0) is 12.1. The van der Waals surface area contributed by atoms with E-state index in [-0.39, 0.29) is 18.6 Å². The molecule has 2 N–H and O–H groups in total. The molecular weight excluding hydrogens is 212 g/mol. The van der Waals surface area contributed by atoms with Crippen molar-refractivity contribution >= 4 is 12.1 Å². The first-order valence-corrected chi connectivity index (χ1v) is 5.36. The van der Waals surface area contributed by atoms with Crippen molar-refractivity contribution in [3.8, 4) is 0 Å². The smallest absolute Gasteiger partial charge is 0.410 e. The van der Waals surface area contributed by atoms with Gasteiger partial charge in [0.1, 0.15) is 19.3 Å². The third-order valence-corrected chi connectivity index (χ3v) is 2.44. The lowest BCUT2D eigenvalue weighted by atomic mass is 10.1. The molecule has 1 amide bonds. The normalized spacial score (nSPS) is 17.5. The summed E-state index contributed by atoms with van der Waals surface area (Å²) >= 11 is 0. The van der Waals surface area contributed by atoms with E-state index in [1.165, 1.54) is 4.90 Å². The van der Waals surface area contributed by atoms with Crippen LogP contribution in [-0.2, 0) is 14.3 Å². The summed E-state index contributed by atoms with van der Waals surface area (Å²) in [6.45, 7) is 5.17. The average Bonchev–Trinajstić information content (AvgIpc) is 2.63. The fourth-order valence-corrected chi connectivity index (χ4v) is 1.25. The summed E-state index contributed by atoms with van der Waals surface area (Å²) in [6.07, 6.45) is -0.357. The fraction of sp³-hybridized carbons (Fsp3) is 0.800. The van der Waals surface area contributed by atoms with Gasteiger partial charge in [-0.05, 0) is 5.92 Å². The molecule has 0 saturated carbocycles. The number of nitrogens with zero attached hydrogens (tertiary/aromatic N) is 1. The Bertz CT molecular complexity index is 268. The molecule has 1 atom stereocenters. The quantitative estimate of drug-likeness (QED) is 0.670. The van der Waals surface area contributed by atoms with Crippen LogP contribution >= 0.6 is 0 Å². The maximum absolute atomic E-state index is 11.4. The molecule has 1 aliphatic heterocycles. The summed E-state index contributed by atoms with van der Waals surface area (Å²) in [4.78, 5) is 23.9. The summed E-state index contributed by atoms with van der Waals surface area (Å²) in [7, 11) is 0. The van der Waals surface area contributed by atoms with E-state index in [0.29, 0.717) is 19.7 Å². The highest BCUT2D eigenvalue weighted by Crippen LogP contribution is 2.03. The van der Waals surface area contributed by atoms with Crippen LogP contribution in [0.5, 0.6) is 0 Å². The molecule has 6 heteroatoms. The van der Waals surface area contributed by atoms with E-state index in [0.717, 1.165) is 0 Å². The highest BCUT2D eigenvalue weighted by Gasteiger charge is 2.23. The van der Waals surface area contributed by atoms with Gasteiger partial charge in [-0.25, -0.2) is 4.79 Å². The monoisotopic (exact) mass is 230 g/mol. The minimum atomic E-state index is -0.606. The summed E-state index contributed by atoms with van der Waals surface area (Å²) in [6, 6.07) is -0.606. The Morgan fingerprint density at radius 2 is 2.31 bits per heavy atom. The molecule has 1 fully saturated rings. The molecule has 0 bridgehead atoms.